The van der Waals surface area contributed by atoms with Crippen LogP contribution in [0.4, 0.5) is 0 Å². The van der Waals surface area contributed by atoms with Gasteiger partial charge in [-0.05, 0) is 51.4 Å². The third-order valence-electron chi connectivity index (χ3n) is 8.35. The number of carbonyl (C=O) groups excluding carboxylic acids is 1. The molecule has 0 heterocycles. The number of nitrogens with zero attached hydrogens (tertiary/aromatic N) is 1. The number of hydrogen-bond donors (Lipinski definition) is 4. The average molecular weight is 767 g/mol. The maximum Gasteiger partial charge on any atom is 0.268 e. The number of aliphatic hydroxyl groups is 3. The summed E-state index contributed by atoms with van der Waals surface area (Å²) in [5.74, 6) is -0.388. The van der Waals surface area contributed by atoms with Gasteiger partial charge in [-0.1, -0.05) is 138 Å². The van der Waals surface area contributed by atoms with Crippen LogP contribution in [0.3, 0.4) is 0 Å². The Kier molecular flexibility index (Phi) is 31.9. The minimum atomic E-state index is -4.66. The van der Waals surface area contributed by atoms with Crippen molar-refractivity contribution >= 4 is 13.7 Å². The van der Waals surface area contributed by atoms with Gasteiger partial charge in [0.05, 0.1) is 52.1 Å². The van der Waals surface area contributed by atoms with Crippen LogP contribution in [-0.2, 0) is 18.4 Å². The van der Waals surface area contributed by atoms with Gasteiger partial charge in [-0.2, -0.15) is 0 Å². The molecule has 5 atom stereocenters. The normalized spacial score (nSPS) is 16.5. The number of carbonyl (C=O) groups is 1. The summed E-state index contributed by atoms with van der Waals surface area (Å²) < 4.78 is 23.0. The summed E-state index contributed by atoms with van der Waals surface area (Å²) in [6.07, 6.45) is 35.9. The molecule has 0 aromatic rings. The number of likely N-dealkylation sites (N-methyl/N-ethyl adjacent to an activating group) is 1. The summed E-state index contributed by atoms with van der Waals surface area (Å²) in [5, 5.41) is 33.8. The number of quaternary nitrogens is 1. The van der Waals surface area contributed by atoms with Crippen molar-refractivity contribution in [2.75, 3.05) is 40.9 Å². The lowest BCUT2D eigenvalue weighted by Crippen LogP contribution is -2.45. The third-order valence-corrected chi connectivity index (χ3v) is 9.31. The number of amides is 1. The molecule has 1 unspecified atom stereocenters. The molecule has 0 spiro atoms. The summed E-state index contributed by atoms with van der Waals surface area (Å²) in [6, 6.07) is -1.01. The Morgan fingerprint density at radius 1 is 0.717 bits per heavy atom. The molecular weight excluding hydrogens is 691 g/mol. The van der Waals surface area contributed by atoms with Gasteiger partial charge in [-0.25, -0.2) is 0 Å². The first-order chi connectivity index (χ1) is 25.3. The van der Waals surface area contributed by atoms with Crippen molar-refractivity contribution < 1.29 is 43.1 Å². The number of aliphatic hydroxyl groups excluding tert-OH is 3. The Morgan fingerprint density at radius 3 is 1.92 bits per heavy atom. The van der Waals surface area contributed by atoms with E-state index in [1.165, 1.54) is 38.5 Å². The molecule has 0 radical (unpaired) electrons. The molecule has 1 amide bonds. The summed E-state index contributed by atoms with van der Waals surface area (Å²) in [4.78, 5) is 25.2. The minimum Gasteiger partial charge on any atom is -0.756 e. The van der Waals surface area contributed by atoms with Crippen molar-refractivity contribution in [3.8, 4) is 0 Å². The highest BCUT2D eigenvalue weighted by atomic mass is 31.2. The van der Waals surface area contributed by atoms with Gasteiger partial charge in [-0.15, -0.1) is 0 Å². The van der Waals surface area contributed by atoms with E-state index >= 15 is 0 Å². The molecule has 4 N–H and O–H groups in total. The predicted molar refractivity (Wildman–Crippen MR) is 217 cm³/mol. The topological polar surface area (TPSA) is 148 Å². The third kappa shape index (κ3) is 35.3. The summed E-state index contributed by atoms with van der Waals surface area (Å²) in [5.41, 5.74) is 0. The molecule has 53 heavy (non-hydrogen) atoms. The zero-order valence-corrected chi connectivity index (χ0v) is 34.6. The monoisotopic (exact) mass is 767 g/mol. The molecule has 306 valence electrons. The van der Waals surface area contributed by atoms with E-state index in [0.717, 1.165) is 38.5 Å². The largest absolute Gasteiger partial charge is 0.756 e. The molecule has 0 aliphatic rings. The van der Waals surface area contributed by atoms with Crippen LogP contribution >= 0.6 is 7.82 Å². The first-order valence-electron chi connectivity index (χ1n) is 20.0. The Labute approximate surface area is 322 Å². The van der Waals surface area contributed by atoms with Gasteiger partial charge in [0.2, 0.25) is 5.91 Å². The lowest BCUT2D eigenvalue weighted by atomic mass is 10.1. The Hall–Kier alpha value is -2.14. The van der Waals surface area contributed by atoms with Crippen LogP contribution < -0.4 is 10.2 Å². The van der Waals surface area contributed by atoms with E-state index in [2.05, 4.69) is 31.3 Å². The molecule has 0 aromatic heterocycles. The van der Waals surface area contributed by atoms with Crippen LogP contribution in [0.5, 0.6) is 0 Å². The fourth-order valence-electron chi connectivity index (χ4n) is 5.03. The van der Waals surface area contributed by atoms with Crippen molar-refractivity contribution in [2.45, 2.75) is 147 Å². The van der Waals surface area contributed by atoms with E-state index < -0.39 is 38.8 Å². The number of phosphoric acid groups is 1. The molecule has 0 aliphatic heterocycles. The summed E-state index contributed by atoms with van der Waals surface area (Å²) in [6.45, 7) is 4.28. The number of unbranched alkanes of at least 4 members (excludes halogenated alkanes) is 9. The van der Waals surface area contributed by atoms with Gasteiger partial charge in [0.1, 0.15) is 13.2 Å². The van der Waals surface area contributed by atoms with Crippen molar-refractivity contribution in [1.29, 1.82) is 0 Å². The Balaban J connectivity index is 4.83. The molecule has 0 saturated carbocycles. The van der Waals surface area contributed by atoms with E-state index in [1.54, 1.807) is 24.3 Å². The van der Waals surface area contributed by atoms with E-state index in [4.69, 9.17) is 9.05 Å². The second-order valence-corrected chi connectivity index (χ2v) is 16.1. The second kappa shape index (κ2) is 33.2. The van der Waals surface area contributed by atoms with Crippen LogP contribution in [0.2, 0.25) is 0 Å². The van der Waals surface area contributed by atoms with E-state index in [0.29, 0.717) is 36.7 Å². The zero-order valence-electron chi connectivity index (χ0n) is 33.7. The highest BCUT2D eigenvalue weighted by molar-refractivity contribution is 7.45. The van der Waals surface area contributed by atoms with Gasteiger partial charge in [0.25, 0.3) is 7.82 Å². The SMILES string of the molecule is CCCCCCCC/C=C\CC/C=C/[C@@H](O)[C@H](COP(=O)([O-])OCC[N+](C)(C)C)NC(=O)CCC[C@H](O)/C=C/C=C\C/C=C\C=C\[C@H](O)CCCCC. The second-order valence-electron chi connectivity index (χ2n) is 14.7. The van der Waals surface area contributed by atoms with Gasteiger partial charge in [0, 0.05) is 6.42 Å². The predicted octanol–water partition coefficient (Wildman–Crippen LogP) is 7.77. The lowest BCUT2D eigenvalue weighted by molar-refractivity contribution is -0.870. The minimum absolute atomic E-state index is 0.0531. The van der Waals surface area contributed by atoms with Crippen LogP contribution in [0.1, 0.15) is 123 Å². The van der Waals surface area contributed by atoms with E-state index in [-0.39, 0.29) is 18.9 Å². The average Bonchev–Trinajstić information content (AvgIpc) is 3.09. The van der Waals surface area contributed by atoms with E-state index in [1.807, 2.05) is 57.6 Å². The number of nitrogens with one attached hydrogen (secondary N) is 1. The fourth-order valence-corrected chi connectivity index (χ4v) is 5.75. The van der Waals surface area contributed by atoms with Crippen LogP contribution in [0, 0.1) is 0 Å². The lowest BCUT2D eigenvalue weighted by Gasteiger charge is -2.29. The Bertz CT molecular complexity index is 1130. The van der Waals surface area contributed by atoms with Gasteiger partial charge in [0.15, 0.2) is 0 Å². The number of phosphoric ester groups is 1. The highest BCUT2D eigenvalue weighted by Gasteiger charge is 2.23. The van der Waals surface area contributed by atoms with Crippen molar-refractivity contribution in [1.82, 2.24) is 5.32 Å². The van der Waals surface area contributed by atoms with Crippen LogP contribution in [0.25, 0.3) is 0 Å². The van der Waals surface area contributed by atoms with Gasteiger partial charge in [-0.3, -0.25) is 9.36 Å². The zero-order chi connectivity index (χ0) is 39.6. The number of allylic oxidation sites excluding steroid dienone is 9. The molecule has 10 nitrogen and oxygen atoms in total. The van der Waals surface area contributed by atoms with Gasteiger partial charge < -0.3 is 39.1 Å². The number of hydrogen-bond acceptors (Lipinski definition) is 8. The quantitative estimate of drug-likeness (QED) is 0.0171. The van der Waals surface area contributed by atoms with Crippen molar-refractivity contribution in [2.24, 2.45) is 0 Å². The summed E-state index contributed by atoms with van der Waals surface area (Å²) >= 11 is 0. The van der Waals surface area contributed by atoms with Crippen LogP contribution in [-0.4, -0.2) is 91.0 Å². The summed E-state index contributed by atoms with van der Waals surface area (Å²) in [7, 11) is 1.08. The molecule has 0 bridgehead atoms. The first kappa shape index (κ1) is 50.9. The number of rotatable bonds is 34. The molecule has 0 saturated heterocycles. The highest BCUT2D eigenvalue weighted by Crippen LogP contribution is 2.38. The van der Waals surface area contributed by atoms with E-state index in [9.17, 15) is 29.6 Å². The maximum atomic E-state index is 12.8. The van der Waals surface area contributed by atoms with Crippen molar-refractivity contribution in [3.05, 3.63) is 72.9 Å². The van der Waals surface area contributed by atoms with Crippen LogP contribution in [0.15, 0.2) is 72.9 Å². The Morgan fingerprint density at radius 2 is 1.28 bits per heavy atom. The first-order valence-corrected chi connectivity index (χ1v) is 21.5. The fraction of sp³-hybridized carbons (Fsp3) is 0.690. The van der Waals surface area contributed by atoms with Gasteiger partial charge >= 0.3 is 0 Å². The maximum absolute atomic E-state index is 12.8. The molecule has 0 aliphatic carbocycles. The molecule has 0 aromatic carbocycles. The molecule has 11 heteroatoms. The molecule has 0 fully saturated rings. The molecule has 0 rings (SSSR count). The standard InChI is InChI=1S/C42H75N2O8P/c1-6-8-10-11-12-13-14-15-16-20-23-27-33-41(47)40(37-52-53(49,50)51-36-35-44(3,4)5)43-42(48)34-28-32-39(46)31-26-22-19-17-18-21-25-30-38(45)29-24-9-7-2/h15-16,18-19,21-22,25-27,30-31,33,38-41,45-47H,6-14,17,20,23-24,28-29,32,34-37H2,1-5H3,(H-,43,48,49,50)/b16-15-,21-18-,22-19-,30-25+,31-26+,33-27+/t38-,39-,40+,41-/m1/s1. The molecular formula is C42H75N2O8P. The smallest absolute Gasteiger partial charge is 0.268 e. The van der Waals surface area contributed by atoms with Crippen molar-refractivity contribution in [3.63, 3.8) is 0 Å².